The van der Waals surface area contributed by atoms with E-state index in [2.05, 4.69) is 57.8 Å². The molecule has 0 fully saturated rings. The number of aromatic amines is 1. The van der Waals surface area contributed by atoms with Crippen LogP contribution in [0.4, 0.5) is 0 Å². The van der Waals surface area contributed by atoms with Gasteiger partial charge in [0, 0.05) is 11.7 Å². The van der Waals surface area contributed by atoms with E-state index in [0.717, 1.165) is 0 Å². The van der Waals surface area contributed by atoms with Gasteiger partial charge < -0.3 is 4.98 Å². The maximum Gasteiger partial charge on any atom is 0.0456 e. The molecule has 1 N–H and O–H groups in total. The molecule has 0 saturated heterocycles. The van der Waals surface area contributed by atoms with Crippen LogP contribution in [0, 0.1) is 0 Å². The second kappa shape index (κ2) is 3.65. The van der Waals surface area contributed by atoms with Crippen molar-refractivity contribution in [2.45, 2.75) is 46.0 Å². The van der Waals surface area contributed by atoms with Crippen molar-refractivity contribution in [3.8, 4) is 0 Å². The maximum absolute atomic E-state index is 3.29. The Morgan fingerprint density at radius 3 is 2.38 bits per heavy atom. The number of fused-ring (bicyclic) bond motifs is 1. The third kappa shape index (κ3) is 1.87. The molecule has 0 atom stereocenters. The van der Waals surface area contributed by atoms with Crippen molar-refractivity contribution < 1.29 is 0 Å². The smallest absolute Gasteiger partial charge is 0.0456 e. The summed E-state index contributed by atoms with van der Waals surface area (Å²) in [5, 5.41) is 1.31. The van der Waals surface area contributed by atoms with E-state index in [4.69, 9.17) is 0 Å². The Morgan fingerprint density at radius 2 is 1.81 bits per heavy atom. The van der Waals surface area contributed by atoms with E-state index in [9.17, 15) is 0 Å². The molecule has 0 radical (unpaired) electrons. The van der Waals surface area contributed by atoms with Crippen molar-refractivity contribution in [3.05, 3.63) is 35.5 Å². The molecule has 0 bridgehead atoms. The highest BCUT2D eigenvalue weighted by molar-refractivity contribution is 5.81. The quantitative estimate of drug-likeness (QED) is 0.716. The van der Waals surface area contributed by atoms with Gasteiger partial charge in [-0.15, -0.1) is 0 Å². The zero-order chi connectivity index (χ0) is 11.9. The molecule has 16 heavy (non-hydrogen) atoms. The first-order valence-electron chi connectivity index (χ1n) is 6.01. The highest BCUT2D eigenvalue weighted by Crippen LogP contribution is 2.33. The SMILES string of the molecule is CC(C)c1cc2[nH]ccc2cc1C(C)(C)C. The zero-order valence-electron chi connectivity index (χ0n) is 10.9. The van der Waals surface area contributed by atoms with Crippen LogP contribution < -0.4 is 0 Å². The minimum atomic E-state index is 0.213. The summed E-state index contributed by atoms with van der Waals surface area (Å²) in [5.41, 5.74) is 4.39. The molecule has 0 aliphatic carbocycles. The predicted octanol–water partition coefficient (Wildman–Crippen LogP) is 4.59. The predicted molar refractivity (Wildman–Crippen MR) is 71.1 cm³/mol. The molecule has 1 aromatic heterocycles. The summed E-state index contributed by atoms with van der Waals surface area (Å²) >= 11 is 0. The second-order valence-electron chi connectivity index (χ2n) is 5.91. The Morgan fingerprint density at radius 1 is 1.12 bits per heavy atom. The third-order valence-electron chi connectivity index (χ3n) is 3.15. The molecular weight excluding hydrogens is 194 g/mol. The summed E-state index contributed by atoms with van der Waals surface area (Å²) in [6.45, 7) is 11.4. The Balaban J connectivity index is 2.72. The van der Waals surface area contributed by atoms with Crippen molar-refractivity contribution in [1.82, 2.24) is 4.98 Å². The number of hydrogen-bond acceptors (Lipinski definition) is 0. The molecule has 0 aliphatic heterocycles. The minimum Gasteiger partial charge on any atom is -0.361 e. The molecule has 0 unspecified atom stereocenters. The van der Waals surface area contributed by atoms with Gasteiger partial charge in [0.05, 0.1) is 0 Å². The van der Waals surface area contributed by atoms with E-state index >= 15 is 0 Å². The first-order chi connectivity index (χ1) is 7.39. The van der Waals surface area contributed by atoms with Gasteiger partial charge in [0.1, 0.15) is 0 Å². The Labute approximate surface area is 97.9 Å². The fourth-order valence-corrected chi connectivity index (χ4v) is 2.24. The van der Waals surface area contributed by atoms with Crippen molar-refractivity contribution in [2.75, 3.05) is 0 Å². The van der Waals surface area contributed by atoms with E-state index in [1.54, 1.807) is 0 Å². The first-order valence-corrected chi connectivity index (χ1v) is 6.01. The monoisotopic (exact) mass is 215 g/mol. The molecule has 2 aromatic rings. The van der Waals surface area contributed by atoms with Crippen molar-refractivity contribution in [3.63, 3.8) is 0 Å². The summed E-state index contributed by atoms with van der Waals surface area (Å²) in [7, 11) is 0. The largest absolute Gasteiger partial charge is 0.361 e. The lowest BCUT2D eigenvalue weighted by Gasteiger charge is -2.25. The van der Waals surface area contributed by atoms with Gasteiger partial charge in [-0.1, -0.05) is 34.6 Å². The average Bonchev–Trinajstić information content (AvgIpc) is 2.60. The molecule has 1 heteroatoms. The standard InChI is InChI=1S/C15H21N/c1-10(2)12-9-14-11(6-7-16-14)8-13(12)15(3,4)5/h6-10,16H,1-5H3. The van der Waals surface area contributed by atoms with Gasteiger partial charge in [-0.2, -0.15) is 0 Å². The van der Waals surface area contributed by atoms with Gasteiger partial charge in [-0.3, -0.25) is 0 Å². The molecule has 1 heterocycles. The van der Waals surface area contributed by atoms with Crippen LogP contribution in [-0.2, 0) is 5.41 Å². The summed E-state index contributed by atoms with van der Waals surface area (Å²) in [6, 6.07) is 6.79. The van der Waals surface area contributed by atoms with Crippen LogP contribution >= 0.6 is 0 Å². The molecule has 0 spiro atoms. The van der Waals surface area contributed by atoms with Crippen LogP contribution in [0.15, 0.2) is 24.4 Å². The average molecular weight is 215 g/mol. The van der Waals surface area contributed by atoms with Crippen LogP contribution in [0.1, 0.15) is 51.7 Å². The number of rotatable bonds is 1. The van der Waals surface area contributed by atoms with E-state index in [-0.39, 0.29) is 5.41 Å². The second-order valence-corrected chi connectivity index (χ2v) is 5.91. The van der Waals surface area contributed by atoms with Crippen molar-refractivity contribution in [1.29, 1.82) is 0 Å². The summed E-state index contributed by atoms with van der Waals surface area (Å²) in [4.78, 5) is 3.29. The molecule has 1 aromatic carbocycles. The summed E-state index contributed by atoms with van der Waals surface area (Å²) < 4.78 is 0. The number of H-pyrrole nitrogens is 1. The zero-order valence-corrected chi connectivity index (χ0v) is 10.9. The fourth-order valence-electron chi connectivity index (χ4n) is 2.24. The Bertz CT molecular complexity index is 498. The summed E-state index contributed by atoms with van der Waals surface area (Å²) in [5.74, 6) is 0.571. The minimum absolute atomic E-state index is 0.213. The molecule has 2 rings (SSSR count). The van der Waals surface area contributed by atoms with Crippen LogP contribution in [0.2, 0.25) is 0 Å². The van der Waals surface area contributed by atoms with Gasteiger partial charge in [-0.05, 0) is 46.0 Å². The van der Waals surface area contributed by atoms with Gasteiger partial charge in [0.25, 0.3) is 0 Å². The van der Waals surface area contributed by atoms with E-state index in [0.29, 0.717) is 5.92 Å². The lowest BCUT2D eigenvalue weighted by Crippen LogP contribution is -2.14. The third-order valence-corrected chi connectivity index (χ3v) is 3.15. The lowest BCUT2D eigenvalue weighted by molar-refractivity contribution is 0.578. The molecular formula is C15H21N. The van der Waals surface area contributed by atoms with Crippen molar-refractivity contribution in [2.24, 2.45) is 0 Å². The molecule has 0 amide bonds. The lowest BCUT2D eigenvalue weighted by atomic mass is 9.80. The van der Waals surface area contributed by atoms with E-state index in [1.807, 2.05) is 6.20 Å². The Hall–Kier alpha value is -1.24. The van der Waals surface area contributed by atoms with E-state index in [1.165, 1.54) is 22.0 Å². The molecule has 0 aliphatic rings. The number of aromatic nitrogens is 1. The first kappa shape index (κ1) is 11.3. The fraction of sp³-hybridized carbons (Fsp3) is 0.467. The van der Waals surface area contributed by atoms with E-state index < -0.39 is 0 Å². The number of nitrogens with one attached hydrogen (secondary N) is 1. The van der Waals surface area contributed by atoms with Crippen molar-refractivity contribution >= 4 is 10.9 Å². The van der Waals surface area contributed by atoms with Gasteiger partial charge in [-0.25, -0.2) is 0 Å². The van der Waals surface area contributed by atoms with Crippen LogP contribution in [0.25, 0.3) is 10.9 Å². The molecule has 0 saturated carbocycles. The summed E-state index contributed by atoms with van der Waals surface area (Å²) in [6.07, 6.45) is 2.02. The normalized spacial score (nSPS) is 12.6. The van der Waals surface area contributed by atoms with Gasteiger partial charge in [0.2, 0.25) is 0 Å². The molecule has 86 valence electrons. The topological polar surface area (TPSA) is 15.8 Å². The van der Waals surface area contributed by atoms with Gasteiger partial charge in [0.15, 0.2) is 0 Å². The number of benzene rings is 1. The van der Waals surface area contributed by atoms with Gasteiger partial charge >= 0.3 is 0 Å². The number of hydrogen-bond donors (Lipinski definition) is 1. The molecule has 1 nitrogen and oxygen atoms in total. The van der Waals surface area contributed by atoms with Crippen LogP contribution in [-0.4, -0.2) is 4.98 Å². The van der Waals surface area contributed by atoms with Crippen LogP contribution in [0.5, 0.6) is 0 Å². The van der Waals surface area contributed by atoms with Crippen LogP contribution in [0.3, 0.4) is 0 Å². The maximum atomic E-state index is 3.29. The highest BCUT2D eigenvalue weighted by Gasteiger charge is 2.20. The Kier molecular flexibility index (Phi) is 2.57. The highest BCUT2D eigenvalue weighted by atomic mass is 14.7.